The largest absolute Gasteiger partial charge is 0.475 e. The minimum absolute atomic E-state index is 0.00696. The highest BCUT2D eigenvalue weighted by atomic mass is 32.1. The van der Waals surface area contributed by atoms with Gasteiger partial charge in [-0.15, -0.1) is 0 Å². The number of thiophene rings is 1. The van der Waals surface area contributed by atoms with Gasteiger partial charge in [0.1, 0.15) is 5.76 Å². The molecule has 0 aromatic carbocycles. The molecule has 4 nitrogen and oxygen atoms in total. The quantitative estimate of drug-likeness (QED) is 0.871. The summed E-state index contributed by atoms with van der Waals surface area (Å²) in [5.74, 6) is -0.389. The number of aryl methyl sites for hydroxylation is 1. The van der Waals surface area contributed by atoms with Crippen molar-refractivity contribution in [2.24, 2.45) is 0 Å². The van der Waals surface area contributed by atoms with Crippen molar-refractivity contribution in [3.8, 4) is 0 Å². The van der Waals surface area contributed by atoms with Crippen molar-refractivity contribution in [2.45, 2.75) is 26.4 Å². The Hall–Kier alpha value is -1.59. The number of carbonyl (C=O) groups is 1. The van der Waals surface area contributed by atoms with E-state index >= 15 is 0 Å². The molecule has 2 aromatic heterocycles. The molecule has 2 aromatic rings. The maximum atomic E-state index is 10.8. The van der Waals surface area contributed by atoms with E-state index in [1.807, 2.05) is 5.38 Å². The van der Waals surface area contributed by atoms with E-state index in [1.165, 1.54) is 5.56 Å². The standard InChI is InChI=1S/C13H15NO3S/c1-8(10-3-4-18-7-10)14-6-11-5-12(13(15)16)17-9(11)2/h3-5,7-8,14H,6H2,1-2H3,(H,15,16). The van der Waals surface area contributed by atoms with Gasteiger partial charge in [-0.2, -0.15) is 11.3 Å². The Morgan fingerprint density at radius 3 is 2.94 bits per heavy atom. The van der Waals surface area contributed by atoms with Crippen molar-refractivity contribution in [1.29, 1.82) is 0 Å². The van der Waals surface area contributed by atoms with Crippen LogP contribution in [0.3, 0.4) is 0 Å². The minimum Gasteiger partial charge on any atom is -0.475 e. The second-order valence-corrected chi connectivity index (χ2v) is 4.94. The van der Waals surface area contributed by atoms with Crippen molar-refractivity contribution >= 4 is 17.3 Å². The number of rotatable bonds is 5. The third-order valence-electron chi connectivity index (χ3n) is 2.87. The Labute approximate surface area is 109 Å². The van der Waals surface area contributed by atoms with Crippen LogP contribution < -0.4 is 5.32 Å². The molecule has 0 bridgehead atoms. The molecule has 0 saturated carbocycles. The normalized spacial score (nSPS) is 12.6. The second-order valence-electron chi connectivity index (χ2n) is 4.16. The number of hydrogen-bond donors (Lipinski definition) is 2. The average molecular weight is 265 g/mol. The van der Waals surface area contributed by atoms with E-state index in [0.717, 1.165) is 5.56 Å². The molecule has 0 spiro atoms. The zero-order valence-electron chi connectivity index (χ0n) is 10.3. The lowest BCUT2D eigenvalue weighted by Crippen LogP contribution is -2.17. The van der Waals surface area contributed by atoms with E-state index in [-0.39, 0.29) is 11.8 Å². The summed E-state index contributed by atoms with van der Waals surface area (Å²) < 4.78 is 5.16. The lowest BCUT2D eigenvalue weighted by Gasteiger charge is -2.11. The van der Waals surface area contributed by atoms with Gasteiger partial charge in [-0.3, -0.25) is 0 Å². The van der Waals surface area contributed by atoms with E-state index in [2.05, 4.69) is 23.7 Å². The molecule has 1 atom stereocenters. The number of nitrogens with one attached hydrogen (secondary N) is 1. The summed E-state index contributed by atoms with van der Waals surface area (Å²) in [6.45, 7) is 4.45. The third kappa shape index (κ3) is 2.80. The summed E-state index contributed by atoms with van der Waals surface area (Å²) >= 11 is 1.66. The van der Waals surface area contributed by atoms with E-state index in [0.29, 0.717) is 12.3 Å². The summed E-state index contributed by atoms with van der Waals surface area (Å²) in [5.41, 5.74) is 2.12. The van der Waals surface area contributed by atoms with Gasteiger partial charge in [0, 0.05) is 18.2 Å². The van der Waals surface area contributed by atoms with E-state index in [1.54, 1.807) is 24.3 Å². The highest BCUT2D eigenvalue weighted by molar-refractivity contribution is 7.07. The van der Waals surface area contributed by atoms with Gasteiger partial charge in [-0.25, -0.2) is 4.79 Å². The number of carboxylic acids is 1. The molecule has 18 heavy (non-hydrogen) atoms. The maximum absolute atomic E-state index is 10.8. The first-order valence-electron chi connectivity index (χ1n) is 5.66. The van der Waals surface area contributed by atoms with Crippen LogP contribution in [0.2, 0.25) is 0 Å². The fourth-order valence-electron chi connectivity index (χ4n) is 1.70. The van der Waals surface area contributed by atoms with Crippen LogP contribution in [0.1, 0.15) is 40.4 Å². The van der Waals surface area contributed by atoms with Crippen LogP contribution in [0.5, 0.6) is 0 Å². The molecular weight excluding hydrogens is 250 g/mol. The Morgan fingerprint density at radius 1 is 1.61 bits per heavy atom. The molecule has 1 unspecified atom stereocenters. The molecule has 5 heteroatoms. The Bertz CT molecular complexity index is 530. The van der Waals surface area contributed by atoms with Crippen molar-refractivity contribution in [1.82, 2.24) is 5.32 Å². The zero-order valence-corrected chi connectivity index (χ0v) is 11.1. The van der Waals surface area contributed by atoms with Crippen LogP contribution >= 0.6 is 11.3 Å². The molecule has 2 rings (SSSR count). The van der Waals surface area contributed by atoms with E-state index in [4.69, 9.17) is 9.52 Å². The van der Waals surface area contributed by atoms with Crippen LogP contribution in [0.25, 0.3) is 0 Å². The van der Waals surface area contributed by atoms with E-state index in [9.17, 15) is 4.79 Å². The predicted molar refractivity (Wildman–Crippen MR) is 70.0 cm³/mol. The Balaban J connectivity index is 2.00. The molecular formula is C13H15NO3S. The monoisotopic (exact) mass is 265 g/mol. The van der Waals surface area contributed by atoms with Crippen LogP contribution in [-0.2, 0) is 6.54 Å². The molecule has 2 heterocycles. The second kappa shape index (κ2) is 5.37. The summed E-state index contributed by atoms with van der Waals surface area (Å²) in [7, 11) is 0. The van der Waals surface area contributed by atoms with Gasteiger partial charge in [0.25, 0.3) is 0 Å². The average Bonchev–Trinajstić information content (AvgIpc) is 2.95. The van der Waals surface area contributed by atoms with Crippen LogP contribution in [0.4, 0.5) is 0 Å². The number of aromatic carboxylic acids is 1. The van der Waals surface area contributed by atoms with Gasteiger partial charge in [0.2, 0.25) is 5.76 Å². The van der Waals surface area contributed by atoms with Gasteiger partial charge in [-0.1, -0.05) is 0 Å². The summed E-state index contributed by atoms with van der Waals surface area (Å²) in [6.07, 6.45) is 0. The molecule has 0 aliphatic carbocycles. The zero-order chi connectivity index (χ0) is 13.1. The summed E-state index contributed by atoms with van der Waals surface area (Å²) in [4.78, 5) is 10.8. The number of furan rings is 1. The van der Waals surface area contributed by atoms with Gasteiger partial charge in [0.05, 0.1) is 0 Å². The first-order valence-corrected chi connectivity index (χ1v) is 6.60. The smallest absolute Gasteiger partial charge is 0.371 e. The van der Waals surface area contributed by atoms with Gasteiger partial charge < -0.3 is 14.8 Å². The highest BCUT2D eigenvalue weighted by Crippen LogP contribution is 2.18. The molecule has 0 aliphatic rings. The van der Waals surface area contributed by atoms with Crippen LogP contribution in [0.15, 0.2) is 27.3 Å². The molecule has 0 aliphatic heterocycles. The minimum atomic E-state index is -1.03. The van der Waals surface area contributed by atoms with E-state index < -0.39 is 5.97 Å². The molecule has 0 amide bonds. The molecule has 0 fully saturated rings. The molecule has 2 N–H and O–H groups in total. The van der Waals surface area contributed by atoms with Crippen molar-refractivity contribution in [3.63, 3.8) is 0 Å². The molecule has 0 saturated heterocycles. The third-order valence-corrected chi connectivity index (χ3v) is 3.57. The first kappa shape index (κ1) is 12.9. The first-order chi connectivity index (χ1) is 8.58. The van der Waals surface area contributed by atoms with Gasteiger partial charge in [0.15, 0.2) is 0 Å². The fraction of sp³-hybridized carbons (Fsp3) is 0.308. The summed E-state index contributed by atoms with van der Waals surface area (Å²) in [5, 5.41) is 16.3. The topological polar surface area (TPSA) is 62.5 Å². The SMILES string of the molecule is Cc1oc(C(=O)O)cc1CNC(C)c1ccsc1. The molecule has 0 radical (unpaired) electrons. The lowest BCUT2D eigenvalue weighted by atomic mass is 10.1. The van der Waals surface area contributed by atoms with Crippen molar-refractivity contribution < 1.29 is 14.3 Å². The Morgan fingerprint density at radius 2 is 2.39 bits per heavy atom. The van der Waals surface area contributed by atoms with Crippen LogP contribution in [-0.4, -0.2) is 11.1 Å². The Kier molecular flexibility index (Phi) is 3.84. The van der Waals surface area contributed by atoms with Crippen molar-refractivity contribution in [2.75, 3.05) is 0 Å². The summed E-state index contributed by atoms with van der Waals surface area (Å²) in [6, 6.07) is 3.89. The molecule has 96 valence electrons. The van der Waals surface area contributed by atoms with Crippen LogP contribution in [0, 0.1) is 6.92 Å². The predicted octanol–water partition coefficient (Wildman–Crippen LogP) is 3.20. The van der Waals surface area contributed by atoms with Crippen molar-refractivity contribution in [3.05, 3.63) is 45.5 Å². The van der Waals surface area contributed by atoms with Gasteiger partial charge in [-0.05, 0) is 42.3 Å². The fourth-order valence-corrected chi connectivity index (χ4v) is 2.46. The van der Waals surface area contributed by atoms with Gasteiger partial charge >= 0.3 is 5.97 Å². The maximum Gasteiger partial charge on any atom is 0.371 e. The lowest BCUT2D eigenvalue weighted by molar-refractivity contribution is 0.0661. The number of hydrogen-bond acceptors (Lipinski definition) is 4. The number of carboxylic acid groups (broad SMARTS) is 1. The highest BCUT2D eigenvalue weighted by Gasteiger charge is 2.13.